The molecule has 0 aliphatic carbocycles. The topological polar surface area (TPSA) is 79.8 Å². The Morgan fingerprint density at radius 2 is 2.16 bits per heavy atom. The second kappa shape index (κ2) is 7.17. The molecule has 1 atom stereocenters. The predicted octanol–water partition coefficient (Wildman–Crippen LogP) is 2.37. The maximum Gasteiger partial charge on any atom is 0.261 e. The first-order valence-corrected chi connectivity index (χ1v) is 8.10. The summed E-state index contributed by atoms with van der Waals surface area (Å²) in [5, 5.41) is 2.84. The lowest BCUT2D eigenvalue weighted by atomic mass is 10.1. The first-order chi connectivity index (χ1) is 12.0. The van der Waals surface area contributed by atoms with Crippen LogP contribution in [0.25, 0.3) is 11.3 Å². The number of H-pyrrole nitrogens is 1. The molecule has 0 spiro atoms. The summed E-state index contributed by atoms with van der Waals surface area (Å²) in [6.45, 7) is 4.46. The number of carbonyl (C=O) groups excluding carboxylic acids is 1. The molecule has 1 amide bonds. The van der Waals surface area contributed by atoms with E-state index in [1.165, 1.54) is 0 Å². The summed E-state index contributed by atoms with van der Waals surface area (Å²) in [4.78, 5) is 31.4. The molecule has 0 saturated heterocycles. The van der Waals surface area contributed by atoms with Crippen molar-refractivity contribution in [3.8, 4) is 11.3 Å². The molecule has 0 aliphatic rings. The quantitative estimate of drug-likeness (QED) is 0.751. The third kappa shape index (κ3) is 4.03. The molecule has 2 N–H and O–H groups in total. The van der Waals surface area contributed by atoms with Crippen molar-refractivity contribution in [3.63, 3.8) is 0 Å². The van der Waals surface area contributed by atoms with Gasteiger partial charge in [-0.15, -0.1) is 0 Å². The average Bonchev–Trinajstić information content (AvgIpc) is 3.07. The fourth-order valence-corrected chi connectivity index (χ4v) is 2.69. The molecule has 128 valence electrons. The summed E-state index contributed by atoms with van der Waals surface area (Å²) in [6, 6.07) is 11.0. The van der Waals surface area contributed by atoms with Crippen molar-refractivity contribution in [2.75, 3.05) is 0 Å². The molecule has 3 rings (SSSR count). The van der Waals surface area contributed by atoms with E-state index in [-0.39, 0.29) is 17.5 Å². The summed E-state index contributed by atoms with van der Waals surface area (Å²) in [5.74, 6) is -0.385. The first-order valence-electron chi connectivity index (χ1n) is 8.10. The molecule has 0 aliphatic heterocycles. The Morgan fingerprint density at radius 1 is 1.32 bits per heavy atom. The highest BCUT2D eigenvalue weighted by atomic mass is 16.2. The number of pyridine rings is 1. The van der Waals surface area contributed by atoms with E-state index in [0.29, 0.717) is 12.2 Å². The maximum absolute atomic E-state index is 12.4. The average molecular weight is 336 g/mol. The Bertz CT molecular complexity index is 929. The van der Waals surface area contributed by atoms with Crippen LogP contribution in [0.3, 0.4) is 0 Å². The van der Waals surface area contributed by atoms with E-state index in [9.17, 15) is 9.59 Å². The van der Waals surface area contributed by atoms with Crippen molar-refractivity contribution in [3.05, 3.63) is 76.6 Å². The molecule has 6 heteroatoms. The Labute approximate surface area is 145 Å². The minimum atomic E-state index is -0.397. The Kier molecular flexibility index (Phi) is 4.79. The lowest BCUT2D eigenvalue weighted by Crippen LogP contribution is -2.38. The second-order valence-electron chi connectivity index (χ2n) is 6.12. The molecule has 0 unspecified atom stereocenters. The van der Waals surface area contributed by atoms with Crippen molar-refractivity contribution in [1.82, 2.24) is 19.9 Å². The van der Waals surface area contributed by atoms with E-state index in [1.807, 2.05) is 48.9 Å². The largest absolute Gasteiger partial charge is 0.348 e. The van der Waals surface area contributed by atoms with Crippen LogP contribution in [0.1, 0.15) is 22.8 Å². The van der Waals surface area contributed by atoms with E-state index in [0.717, 1.165) is 11.1 Å². The van der Waals surface area contributed by atoms with Gasteiger partial charge in [-0.05, 0) is 37.6 Å². The maximum atomic E-state index is 12.4. The lowest BCUT2D eigenvalue weighted by molar-refractivity contribution is 0.0935. The van der Waals surface area contributed by atoms with Gasteiger partial charge in [0.25, 0.3) is 11.5 Å². The zero-order valence-electron chi connectivity index (χ0n) is 14.2. The molecule has 0 saturated carbocycles. The van der Waals surface area contributed by atoms with E-state index < -0.39 is 5.56 Å². The monoisotopic (exact) mass is 336 g/mol. The summed E-state index contributed by atoms with van der Waals surface area (Å²) in [7, 11) is 0. The Balaban J connectivity index is 1.74. The standard InChI is InChI=1S/C19H20N4O2/c1-13-4-3-5-15(10-13)17-7-6-16(19(25)22-17)18(24)21-14(2)11-23-9-8-20-12-23/h3-10,12,14H,11H2,1-2H3,(H,21,24)(H,22,25)/t14-/m0/s1. The number of nitrogens with zero attached hydrogens (tertiary/aromatic N) is 2. The molecule has 2 heterocycles. The minimum Gasteiger partial charge on any atom is -0.348 e. The van der Waals surface area contributed by atoms with Gasteiger partial charge in [-0.25, -0.2) is 4.98 Å². The number of amides is 1. The number of aromatic amines is 1. The molecule has 25 heavy (non-hydrogen) atoms. The van der Waals surface area contributed by atoms with Crippen molar-refractivity contribution in [2.24, 2.45) is 0 Å². The van der Waals surface area contributed by atoms with Crippen LogP contribution < -0.4 is 10.9 Å². The number of nitrogens with one attached hydrogen (secondary N) is 2. The molecule has 1 aromatic carbocycles. The number of aryl methyl sites for hydroxylation is 1. The van der Waals surface area contributed by atoms with E-state index >= 15 is 0 Å². The van der Waals surface area contributed by atoms with Crippen LogP contribution in [-0.2, 0) is 6.54 Å². The van der Waals surface area contributed by atoms with Crippen molar-refractivity contribution >= 4 is 5.91 Å². The molecule has 0 radical (unpaired) electrons. The van der Waals surface area contributed by atoms with Gasteiger partial charge in [-0.3, -0.25) is 9.59 Å². The predicted molar refractivity (Wildman–Crippen MR) is 96.4 cm³/mol. The van der Waals surface area contributed by atoms with Gasteiger partial charge in [-0.2, -0.15) is 0 Å². The van der Waals surface area contributed by atoms with Crippen LogP contribution in [0.2, 0.25) is 0 Å². The highest BCUT2D eigenvalue weighted by Gasteiger charge is 2.14. The zero-order chi connectivity index (χ0) is 17.8. The fourth-order valence-electron chi connectivity index (χ4n) is 2.69. The molecular weight excluding hydrogens is 316 g/mol. The molecular formula is C19H20N4O2. The van der Waals surface area contributed by atoms with E-state index in [2.05, 4.69) is 15.3 Å². The summed E-state index contributed by atoms with van der Waals surface area (Å²) < 4.78 is 1.87. The van der Waals surface area contributed by atoms with Crippen LogP contribution in [0.15, 0.2) is 59.9 Å². The van der Waals surface area contributed by atoms with Gasteiger partial charge >= 0.3 is 0 Å². The lowest BCUT2D eigenvalue weighted by Gasteiger charge is -2.14. The number of hydrogen-bond acceptors (Lipinski definition) is 3. The SMILES string of the molecule is Cc1cccc(-c2ccc(C(=O)N[C@@H](C)Cn3ccnc3)c(=O)[nH]2)c1. The van der Waals surface area contributed by atoms with Gasteiger partial charge in [-0.1, -0.05) is 23.8 Å². The Morgan fingerprint density at radius 3 is 2.84 bits per heavy atom. The van der Waals surface area contributed by atoms with E-state index in [1.54, 1.807) is 24.7 Å². The van der Waals surface area contributed by atoms with Crippen LogP contribution in [0.4, 0.5) is 0 Å². The van der Waals surface area contributed by atoms with Gasteiger partial charge in [0, 0.05) is 30.7 Å². The van der Waals surface area contributed by atoms with Gasteiger partial charge in [0.15, 0.2) is 0 Å². The van der Waals surface area contributed by atoms with Gasteiger partial charge in [0.2, 0.25) is 0 Å². The zero-order valence-corrected chi connectivity index (χ0v) is 14.2. The highest BCUT2D eigenvalue weighted by molar-refractivity contribution is 5.94. The number of aromatic nitrogens is 3. The van der Waals surface area contributed by atoms with Gasteiger partial charge in [0.1, 0.15) is 5.56 Å². The Hall–Kier alpha value is -3.15. The van der Waals surface area contributed by atoms with Crippen molar-refractivity contribution in [1.29, 1.82) is 0 Å². The van der Waals surface area contributed by atoms with Crippen molar-refractivity contribution < 1.29 is 4.79 Å². The third-order valence-corrected chi connectivity index (χ3v) is 3.90. The number of benzene rings is 1. The van der Waals surface area contributed by atoms with Crippen LogP contribution in [0.5, 0.6) is 0 Å². The smallest absolute Gasteiger partial charge is 0.261 e. The van der Waals surface area contributed by atoms with Crippen LogP contribution in [0, 0.1) is 6.92 Å². The first kappa shape index (κ1) is 16.7. The molecule has 6 nitrogen and oxygen atoms in total. The highest BCUT2D eigenvalue weighted by Crippen LogP contribution is 2.16. The molecule has 0 fully saturated rings. The fraction of sp³-hybridized carbons (Fsp3) is 0.211. The summed E-state index contributed by atoms with van der Waals surface area (Å²) in [6.07, 6.45) is 5.20. The number of hydrogen-bond donors (Lipinski definition) is 2. The summed E-state index contributed by atoms with van der Waals surface area (Å²) in [5.41, 5.74) is 2.42. The molecule has 0 bridgehead atoms. The number of imidazole rings is 1. The van der Waals surface area contributed by atoms with Gasteiger partial charge in [0.05, 0.1) is 6.33 Å². The van der Waals surface area contributed by atoms with Crippen molar-refractivity contribution in [2.45, 2.75) is 26.4 Å². The minimum absolute atomic E-state index is 0.105. The van der Waals surface area contributed by atoms with Crippen LogP contribution in [-0.4, -0.2) is 26.5 Å². The number of carbonyl (C=O) groups is 1. The second-order valence-corrected chi connectivity index (χ2v) is 6.12. The molecule has 2 aromatic heterocycles. The molecule has 3 aromatic rings. The third-order valence-electron chi connectivity index (χ3n) is 3.90. The normalized spacial score (nSPS) is 11.9. The van der Waals surface area contributed by atoms with E-state index in [4.69, 9.17) is 0 Å². The van der Waals surface area contributed by atoms with Gasteiger partial charge < -0.3 is 14.9 Å². The number of rotatable bonds is 5. The summed E-state index contributed by atoms with van der Waals surface area (Å²) >= 11 is 0. The van der Waals surface area contributed by atoms with Crippen LogP contribution >= 0.6 is 0 Å².